The second kappa shape index (κ2) is 13.2. The Morgan fingerprint density at radius 2 is 1.85 bits per heavy atom. The summed E-state index contributed by atoms with van der Waals surface area (Å²) in [6.45, 7) is 9.17. The van der Waals surface area contributed by atoms with Crippen molar-refractivity contribution in [3.63, 3.8) is 0 Å². The lowest BCUT2D eigenvalue weighted by Gasteiger charge is -2.34. The van der Waals surface area contributed by atoms with Gasteiger partial charge < -0.3 is 20.3 Å². The third kappa shape index (κ3) is 9.84. The van der Waals surface area contributed by atoms with Gasteiger partial charge in [0.1, 0.15) is 11.6 Å². The third-order valence-corrected chi connectivity index (χ3v) is 5.71. The molecule has 7 nitrogen and oxygen atoms in total. The van der Waals surface area contributed by atoms with Crippen molar-refractivity contribution in [1.29, 1.82) is 0 Å². The van der Waals surface area contributed by atoms with Crippen molar-refractivity contribution in [3.05, 3.63) is 35.9 Å². The van der Waals surface area contributed by atoms with Gasteiger partial charge in [-0.05, 0) is 45.6 Å². The number of nitrogens with one attached hydrogen (secondary N) is 2. The van der Waals surface area contributed by atoms with Crippen molar-refractivity contribution in [2.45, 2.75) is 84.3 Å². The van der Waals surface area contributed by atoms with E-state index >= 15 is 0 Å². The van der Waals surface area contributed by atoms with E-state index in [9.17, 15) is 14.4 Å². The van der Waals surface area contributed by atoms with E-state index in [1.54, 1.807) is 25.7 Å². The lowest BCUT2D eigenvalue weighted by atomic mass is 9.95. The van der Waals surface area contributed by atoms with Gasteiger partial charge in [-0.3, -0.25) is 9.59 Å². The van der Waals surface area contributed by atoms with Crippen LogP contribution in [-0.2, 0) is 20.7 Å². The number of likely N-dealkylation sites (tertiary alicyclic amines) is 1. The zero-order valence-electron chi connectivity index (χ0n) is 20.7. The molecule has 7 heteroatoms. The number of alkyl carbamates (subject to hydrolysis) is 1. The van der Waals surface area contributed by atoms with Crippen LogP contribution in [0.5, 0.6) is 0 Å². The zero-order valence-corrected chi connectivity index (χ0v) is 20.7. The topological polar surface area (TPSA) is 87.7 Å². The average molecular weight is 460 g/mol. The number of hydrogen-bond acceptors (Lipinski definition) is 4. The summed E-state index contributed by atoms with van der Waals surface area (Å²) in [5.41, 5.74) is 0.292. The van der Waals surface area contributed by atoms with E-state index in [-0.39, 0.29) is 17.7 Å². The SMILES string of the molecule is CCCCCCNC(=O)C1CCCN(C(=O)C(Cc2ccccc2)NC(=O)OC(C)(C)C)C1. The van der Waals surface area contributed by atoms with Crippen molar-refractivity contribution >= 4 is 17.9 Å². The summed E-state index contributed by atoms with van der Waals surface area (Å²) in [4.78, 5) is 40.2. The predicted octanol–water partition coefficient (Wildman–Crippen LogP) is 4.06. The summed E-state index contributed by atoms with van der Waals surface area (Å²) in [6, 6.07) is 8.85. The number of benzene rings is 1. The quantitative estimate of drug-likeness (QED) is 0.517. The minimum Gasteiger partial charge on any atom is -0.444 e. The molecule has 1 fully saturated rings. The number of hydrogen-bond donors (Lipinski definition) is 2. The van der Waals surface area contributed by atoms with E-state index in [1.165, 1.54) is 6.42 Å². The largest absolute Gasteiger partial charge is 0.444 e. The van der Waals surface area contributed by atoms with Gasteiger partial charge in [0.05, 0.1) is 5.92 Å². The van der Waals surface area contributed by atoms with Crippen LogP contribution < -0.4 is 10.6 Å². The van der Waals surface area contributed by atoms with Gasteiger partial charge in [0.15, 0.2) is 0 Å². The summed E-state index contributed by atoms with van der Waals surface area (Å²) in [6.07, 6.45) is 5.72. The maximum Gasteiger partial charge on any atom is 0.408 e. The molecule has 0 spiro atoms. The molecule has 33 heavy (non-hydrogen) atoms. The summed E-state index contributed by atoms with van der Waals surface area (Å²) in [5.74, 6) is -0.373. The molecule has 0 aromatic heterocycles. The predicted molar refractivity (Wildman–Crippen MR) is 130 cm³/mol. The summed E-state index contributed by atoms with van der Waals surface area (Å²) >= 11 is 0. The highest BCUT2D eigenvalue weighted by Gasteiger charge is 2.33. The van der Waals surface area contributed by atoms with Crippen molar-refractivity contribution in [3.8, 4) is 0 Å². The molecule has 0 bridgehead atoms. The Morgan fingerprint density at radius 3 is 2.52 bits per heavy atom. The molecule has 1 saturated heterocycles. The first-order valence-corrected chi connectivity index (χ1v) is 12.3. The smallest absolute Gasteiger partial charge is 0.408 e. The van der Waals surface area contributed by atoms with Crippen LogP contribution in [0.25, 0.3) is 0 Å². The molecule has 0 aliphatic carbocycles. The zero-order chi connectivity index (χ0) is 24.3. The van der Waals surface area contributed by atoms with Crippen LogP contribution in [0.4, 0.5) is 4.79 Å². The van der Waals surface area contributed by atoms with Crippen molar-refractivity contribution in [2.24, 2.45) is 5.92 Å². The Morgan fingerprint density at radius 1 is 1.12 bits per heavy atom. The maximum atomic E-state index is 13.4. The molecule has 0 saturated carbocycles. The Labute approximate surface area is 198 Å². The molecule has 1 aliphatic rings. The van der Waals surface area contributed by atoms with E-state index in [2.05, 4.69) is 17.6 Å². The van der Waals surface area contributed by atoms with Crippen LogP contribution >= 0.6 is 0 Å². The highest BCUT2D eigenvalue weighted by Crippen LogP contribution is 2.19. The summed E-state index contributed by atoms with van der Waals surface area (Å²) in [5, 5.41) is 5.80. The first kappa shape index (κ1) is 26.7. The van der Waals surface area contributed by atoms with E-state index < -0.39 is 17.7 Å². The van der Waals surface area contributed by atoms with Gasteiger partial charge in [-0.1, -0.05) is 56.5 Å². The molecule has 2 atom stereocenters. The number of carbonyl (C=O) groups is 3. The van der Waals surface area contributed by atoms with Gasteiger partial charge in [-0.15, -0.1) is 0 Å². The standard InChI is InChI=1S/C26H41N3O4/c1-5-6-7-11-16-27-23(30)21-15-12-17-29(19-21)24(31)22(18-20-13-9-8-10-14-20)28-25(32)33-26(2,3)4/h8-10,13-14,21-22H,5-7,11-12,15-19H2,1-4H3,(H,27,30)(H,28,32). The van der Waals surface area contributed by atoms with Crippen LogP contribution in [0.1, 0.15) is 71.8 Å². The lowest BCUT2D eigenvalue weighted by molar-refractivity contribution is -0.137. The monoisotopic (exact) mass is 459 g/mol. The van der Waals surface area contributed by atoms with E-state index in [0.29, 0.717) is 26.1 Å². The second-order valence-electron chi connectivity index (χ2n) is 9.86. The van der Waals surface area contributed by atoms with Gasteiger partial charge in [0, 0.05) is 26.1 Å². The van der Waals surface area contributed by atoms with Crippen LogP contribution in [0.15, 0.2) is 30.3 Å². The molecule has 1 aromatic rings. The second-order valence-corrected chi connectivity index (χ2v) is 9.86. The third-order valence-electron chi connectivity index (χ3n) is 5.71. The molecule has 1 heterocycles. The Bertz CT molecular complexity index is 761. The highest BCUT2D eigenvalue weighted by molar-refractivity contribution is 5.87. The summed E-state index contributed by atoms with van der Waals surface area (Å²) in [7, 11) is 0. The minimum atomic E-state index is -0.752. The Kier molecular flexibility index (Phi) is 10.7. The first-order chi connectivity index (χ1) is 15.7. The number of unbranched alkanes of at least 4 members (excludes halogenated alkanes) is 3. The lowest BCUT2D eigenvalue weighted by Crippen LogP contribution is -2.54. The molecule has 2 N–H and O–H groups in total. The number of nitrogens with zero attached hydrogens (tertiary/aromatic N) is 1. The van der Waals surface area contributed by atoms with Gasteiger partial charge in [-0.25, -0.2) is 4.79 Å². The molecule has 0 radical (unpaired) electrons. The molecule has 2 rings (SSSR count). The minimum absolute atomic E-state index is 0.0173. The van der Waals surface area contributed by atoms with E-state index in [0.717, 1.165) is 37.7 Å². The van der Waals surface area contributed by atoms with Crippen molar-refractivity contribution in [2.75, 3.05) is 19.6 Å². The number of carbonyl (C=O) groups excluding carboxylic acids is 3. The van der Waals surface area contributed by atoms with E-state index in [4.69, 9.17) is 4.74 Å². The van der Waals surface area contributed by atoms with Crippen LogP contribution in [0.2, 0.25) is 0 Å². The van der Waals surface area contributed by atoms with Crippen LogP contribution in [-0.4, -0.2) is 54.1 Å². The number of piperidine rings is 1. The van der Waals surface area contributed by atoms with Crippen molar-refractivity contribution < 1.29 is 19.1 Å². The number of rotatable bonds is 10. The molecule has 3 amide bonds. The maximum absolute atomic E-state index is 13.4. The molecule has 1 aromatic carbocycles. The molecule has 2 unspecified atom stereocenters. The van der Waals surface area contributed by atoms with Crippen LogP contribution in [0, 0.1) is 5.92 Å². The first-order valence-electron chi connectivity index (χ1n) is 12.3. The number of ether oxygens (including phenoxy) is 1. The van der Waals surface area contributed by atoms with Gasteiger partial charge >= 0.3 is 6.09 Å². The van der Waals surface area contributed by atoms with Gasteiger partial charge in [0.2, 0.25) is 11.8 Å². The molecule has 1 aliphatic heterocycles. The fourth-order valence-corrected chi connectivity index (χ4v) is 4.02. The Balaban J connectivity index is 2.01. The number of amides is 3. The average Bonchev–Trinajstić information content (AvgIpc) is 2.77. The highest BCUT2D eigenvalue weighted by atomic mass is 16.6. The van der Waals surface area contributed by atoms with Crippen molar-refractivity contribution in [1.82, 2.24) is 15.5 Å². The van der Waals surface area contributed by atoms with Gasteiger partial charge in [0.25, 0.3) is 0 Å². The normalized spacial score (nSPS) is 17.2. The summed E-state index contributed by atoms with van der Waals surface area (Å²) < 4.78 is 5.39. The van der Waals surface area contributed by atoms with Gasteiger partial charge in [-0.2, -0.15) is 0 Å². The fourth-order valence-electron chi connectivity index (χ4n) is 4.02. The Hall–Kier alpha value is -2.57. The van der Waals surface area contributed by atoms with E-state index in [1.807, 2.05) is 30.3 Å². The molecule has 184 valence electrons. The molecular weight excluding hydrogens is 418 g/mol. The fraction of sp³-hybridized carbons (Fsp3) is 0.654. The molecular formula is C26H41N3O4. The van der Waals surface area contributed by atoms with Crippen LogP contribution in [0.3, 0.4) is 0 Å².